The monoisotopic (exact) mass is 297 g/mol. The molecule has 0 aliphatic carbocycles. The zero-order chi connectivity index (χ0) is 15.8. The van der Waals surface area contributed by atoms with Gasteiger partial charge in [-0.15, -0.1) is 0 Å². The van der Waals surface area contributed by atoms with Crippen LogP contribution >= 0.6 is 0 Å². The number of furan rings is 1. The Morgan fingerprint density at radius 2 is 1.95 bits per heavy atom. The van der Waals surface area contributed by atoms with E-state index in [-0.39, 0.29) is 12.3 Å². The van der Waals surface area contributed by atoms with E-state index in [9.17, 15) is 9.59 Å². The lowest BCUT2D eigenvalue weighted by Crippen LogP contribution is -2.48. The molecule has 1 aromatic heterocycles. The fraction of sp³-hybridized carbons (Fsp3) is 0.188. The summed E-state index contributed by atoms with van der Waals surface area (Å²) < 4.78 is 5.01. The van der Waals surface area contributed by atoms with E-state index in [1.807, 2.05) is 36.4 Å². The average Bonchev–Trinajstić information content (AvgIpc) is 3.07. The molecule has 1 aromatic carbocycles. The highest BCUT2D eigenvalue weighted by Crippen LogP contribution is 2.06. The molecule has 1 heterocycles. The summed E-state index contributed by atoms with van der Waals surface area (Å²) in [6.07, 6.45) is 1.71. The van der Waals surface area contributed by atoms with Crippen LogP contribution in [0.15, 0.2) is 53.1 Å². The van der Waals surface area contributed by atoms with Crippen LogP contribution in [0.4, 0.5) is 0 Å². The highest BCUT2D eigenvalue weighted by atomic mass is 16.3. The third-order valence-electron chi connectivity index (χ3n) is 2.99. The number of hydrogen-bond acceptors (Lipinski definition) is 4. The van der Waals surface area contributed by atoms with Gasteiger partial charge in [-0.05, 0) is 17.7 Å². The number of rotatable bonds is 6. The second kappa shape index (κ2) is 7.64. The summed E-state index contributed by atoms with van der Waals surface area (Å²) in [5.74, 6) is -0.755. The maximum Gasteiger partial charge on any atom is 0.287 e. The van der Waals surface area contributed by atoms with E-state index < -0.39 is 17.9 Å². The molecule has 2 rings (SSSR count). The summed E-state index contributed by atoms with van der Waals surface area (Å²) in [4.78, 5) is 24.1. The van der Waals surface area contributed by atoms with E-state index >= 15 is 0 Å². The topological polar surface area (TPSA) is 95.1 Å². The first-order valence-corrected chi connectivity index (χ1v) is 6.73. The van der Waals surface area contributed by atoms with Crippen molar-refractivity contribution >= 4 is 11.8 Å². The van der Waals surface area contributed by atoms with Crippen LogP contribution < -0.4 is 10.6 Å². The van der Waals surface area contributed by atoms with Crippen molar-refractivity contribution in [1.29, 1.82) is 5.26 Å². The van der Waals surface area contributed by atoms with E-state index in [4.69, 9.17) is 9.68 Å². The molecule has 0 aliphatic rings. The smallest absolute Gasteiger partial charge is 0.287 e. The SMILES string of the molecule is N#CCNC(=O)[C@H](Cc1ccccc1)NC(=O)c1ccco1. The second-order valence-corrected chi connectivity index (χ2v) is 4.57. The molecular formula is C16H15N3O3. The first kappa shape index (κ1) is 15.3. The lowest BCUT2D eigenvalue weighted by Gasteiger charge is -2.17. The maximum absolute atomic E-state index is 12.1. The Bertz CT molecular complexity index is 660. The number of carbonyl (C=O) groups is 2. The van der Waals surface area contributed by atoms with Gasteiger partial charge in [0, 0.05) is 6.42 Å². The van der Waals surface area contributed by atoms with Gasteiger partial charge in [-0.25, -0.2) is 0 Å². The van der Waals surface area contributed by atoms with Gasteiger partial charge in [0.2, 0.25) is 5.91 Å². The number of nitrogens with one attached hydrogen (secondary N) is 2. The van der Waals surface area contributed by atoms with Gasteiger partial charge in [-0.3, -0.25) is 9.59 Å². The summed E-state index contributed by atoms with van der Waals surface area (Å²) in [7, 11) is 0. The Morgan fingerprint density at radius 3 is 2.59 bits per heavy atom. The summed E-state index contributed by atoms with van der Waals surface area (Å²) in [5, 5.41) is 13.6. The fourth-order valence-corrected chi connectivity index (χ4v) is 1.95. The van der Waals surface area contributed by atoms with Crippen molar-refractivity contribution < 1.29 is 14.0 Å². The van der Waals surface area contributed by atoms with Crippen LogP contribution in [-0.2, 0) is 11.2 Å². The van der Waals surface area contributed by atoms with Crippen LogP contribution in [0.1, 0.15) is 16.1 Å². The molecule has 1 atom stereocenters. The molecular weight excluding hydrogens is 282 g/mol. The molecule has 6 heteroatoms. The van der Waals surface area contributed by atoms with E-state index in [1.54, 1.807) is 6.07 Å². The van der Waals surface area contributed by atoms with Crippen molar-refractivity contribution in [3.8, 4) is 6.07 Å². The quantitative estimate of drug-likeness (QED) is 0.785. The van der Waals surface area contributed by atoms with Crippen LogP contribution in [0.25, 0.3) is 0 Å². The number of hydrogen-bond donors (Lipinski definition) is 2. The molecule has 2 aromatic rings. The van der Waals surface area contributed by atoms with Crippen molar-refractivity contribution in [2.75, 3.05) is 6.54 Å². The Balaban J connectivity index is 2.09. The van der Waals surface area contributed by atoms with Gasteiger partial charge in [0.1, 0.15) is 12.6 Å². The van der Waals surface area contributed by atoms with Gasteiger partial charge in [0.05, 0.1) is 12.3 Å². The van der Waals surface area contributed by atoms with E-state index in [1.165, 1.54) is 12.3 Å². The van der Waals surface area contributed by atoms with Crippen LogP contribution in [0.2, 0.25) is 0 Å². The molecule has 2 amide bonds. The van der Waals surface area contributed by atoms with E-state index in [0.29, 0.717) is 6.42 Å². The number of amides is 2. The number of carbonyl (C=O) groups excluding carboxylic acids is 2. The van der Waals surface area contributed by atoms with Crippen molar-refractivity contribution in [2.24, 2.45) is 0 Å². The van der Waals surface area contributed by atoms with Gasteiger partial charge in [-0.1, -0.05) is 30.3 Å². The lowest BCUT2D eigenvalue weighted by molar-refractivity contribution is -0.122. The zero-order valence-corrected chi connectivity index (χ0v) is 11.8. The second-order valence-electron chi connectivity index (χ2n) is 4.57. The van der Waals surface area contributed by atoms with Crippen LogP contribution in [0, 0.1) is 11.3 Å². The molecule has 0 unspecified atom stereocenters. The fourth-order valence-electron chi connectivity index (χ4n) is 1.95. The van der Waals surface area contributed by atoms with Gasteiger partial charge in [-0.2, -0.15) is 5.26 Å². The summed E-state index contributed by atoms with van der Waals surface area (Å²) in [6, 6.07) is 13.5. The molecule has 0 spiro atoms. The van der Waals surface area contributed by atoms with E-state index in [2.05, 4.69) is 10.6 Å². The van der Waals surface area contributed by atoms with Crippen LogP contribution in [0.5, 0.6) is 0 Å². The van der Waals surface area contributed by atoms with Gasteiger partial charge >= 0.3 is 0 Å². The number of nitrogens with zero attached hydrogens (tertiary/aromatic N) is 1. The molecule has 0 saturated carbocycles. The van der Waals surface area contributed by atoms with Crippen molar-refractivity contribution in [3.05, 3.63) is 60.1 Å². The predicted octanol–water partition coefficient (Wildman–Crippen LogP) is 1.26. The summed E-state index contributed by atoms with van der Waals surface area (Å²) in [6.45, 7) is -0.110. The third-order valence-corrected chi connectivity index (χ3v) is 2.99. The maximum atomic E-state index is 12.1. The Morgan fingerprint density at radius 1 is 1.18 bits per heavy atom. The Kier molecular flexibility index (Phi) is 5.32. The Hall–Kier alpha value is -3.07. The minimum absolute atomic E-state index is 0.110. The van der Waals surface area contributed by atoms with Gasteiger partial charge < -0.3 is 15.1 Å². The molecule has 22 heavy (non-hydrogen) atoms. The normalized spacial score (nSPS) is 11.2. The molecule has 2 N–H and O–H groups in total. The largest absolute Gasteiger partial charge is 0.459 e. The summed E-state index contributed by atoms with van der Waals surface area (Å²) >= 11 is 0. The highest BCUT2D eigenvalue weighted by molar-refractivity contribution is 5.95. The summed E-state index contributed by atoms with van der Waals surface area (Å²) in [5.41, 5.74) is 0.902. The first-order chi connectivity index (χ1) is 10.7. The Labute approximate surface area is 127 Å². The van der Waals surface area contributed by atoms with Gasteiger partial charge in [0.25, 0.3) is 5.91 Å². The van der Waals surface area contributed by atoms with Crippen molar-refractivity contribution in [3.63, 3.8) is 0 Å². The molecule has 0 fully saturated rings. The lowest BCUT2D eigenvalue weighted by atomic mass is 10.1. The first-order valence-electron chi connectivity index (χ1n) is 6.73. The van der Waals surface area contributed by atoms with E-state index in [0.717, 1.165) is 5.56 Å². The standard InChI is InChI=1S/C16H15N3O3/c17-8-9-18-15(20)13(11-12-5-2-1-3-6-12)19-16(21)14-7-4-10-22-14/h1-7,10,13H,9,11H2,(H,18,20)(H,19,21)/t13-/m0/s1. The molecule has 0 bridgehead atoms. The molecule has 112 valence electrons. The molecule has 0 radical (unpaired) electrons. The number of benzene rings is 1. The minimum Gasteiger partial charge on any atom is -0.459 e. The van der Waals surface area contributed by atoms with Crippen molar-refractivity contribution in [2.45, 2.75) is 12.5 Å². The zero-order valence-electron chi connectivity index (χ0n) is 11.8. The highest BCUT2D eigenvalue weighted by Gasteiger charge is 2.22. The third kappa shape index (κ3) is 4.21. The average molecular weight is 297 g/mol. The molecule has 0 aliphatic heterocycles. The minimum atomic E-state index is -0.784. The molecule has 0 saturated heterocycles. The predicted molar refractivity (Wildman–Crippen MR) is 78.7 cm³/mol. The van der Waals surface area contributed by atoms with Gasteiger partial charge in [0.15, 0.2) is 5.76 Å². The number of nitriles is 1. The van der Waals surface area contributed by atoms with Crippen LogP contribution in [0.3, 0.4) is 0 Å². The van der Waals surface area contributed by atoms with Crippen molar-refractivity contribution in [1.82, 2.24) is 10.6 Å². The van der Waals surface area contributed by atoms with Crippen LogP contribution in [-0.4, -0.2) is 24.4 Å². The molecule has 6 nitrogen and oxygen atoms in total.